The lowest BCUT2D eigenvalue weighted by atomic mass is 10.1. The van der Waals surface area contributed by atoms with Gasteiger partial charge in [-0.05, 0) is 31.0 Å². The first-order chi connectivity index (χ1) is 11.6. The molecule has 0 saturated carbocycles. The number of hydrogen-bond donors (Lipinski definition) is 2. The van der Waals surface area contributed by atoms with Crippen LogP contribution in [0.3, 0.4) is 0 Å². The maximum absolute atomic E-state index is 13.3. The van der Waals surface area contributed by atoms with Crippen molar-refractivity contribution < 1.29 is 4.39 Å². The third-order valence-corrected chi connectivity index (χ3v) is 3.64. The molecule has 0 atom stereocenters. The fraction of sp³-hybridized carbons (Fsp3) is 0.471. The van der Waals surface area contributed by atoms with E-state index in [9.17, 15) is 4.39 Å². The fourth-order valence-corrected chi connectivity index (χ4v) is 2.35. The summed E-state index contributed by atoms with van der Waals surface area (Å²) in [4.78, 5) is 4.55. The van der Waals surface area contributed by atoms with Crippen molar-refractivity contribution in [2.24, 2.45) is 4.99 Å². The van der Waals surface area contributed by atoms with Crippen molar-refractivity contribution in [1.82, 2.24) is 25.4 Å². The zero-order chi connectivity index (χ0) is 17.4. The van der Waals surface area contributed by atoms with Gasteiger partial charge in [0.15, 0.2) is 5.96 Å². The average molecular weight is 332 g/mol. The Morgan fingerprint density at radius 2 is 2.12 bits per heavy atom. The molecule has 0 bridgehead atoms. The lowest BCUT2D eigenvalue weighted by Gasteiger charge is -2.12. The molecule has 7 heteroatoms. The van der Waals surface area contributed by atoms with Gasteiger partial charge in [-0.1, -0.05) is 19.1 Å². The molecule has 1 aromatic carbocycles. The van der Waals surface area contributed by atoms with E-state index in [0.717, 1.165) is 43.4 Å². The Morgan fingerprint density at radius 3 is 2.83 bits per heavy atom. The van der Waals surface area contributed by atoms with Crippen molar-refractivity contribution in [2.75, 3.05) is 13.1 Å². The van der Waals surface area contributed by atoms with Gasteiger partial charge in [-0.3, -0.25) is 0 Å². The molecule has 6 nitrogen and oxygen atoms in total. The van der Waals surface area contributed by atoms with Gasteiger partial charge in [-0.15, -0.1) is 10.2 Å². The van der Waals surface area contributed by atoms with Gasteiger partial charge < -0.3 is 15.2 Å². The van der Waals surface area contributed by atoms with Gasteiger partial charge in [0, 0.05) is 26.1 Å². The zero-order valence-corrected chi connectivity index (χ0v) is 14.5. The molecule has 1 heterocycles. The van der Waals surface area contributed by atoms with E-state index >= 15 is 0 Å². The number of rotatable bonds is 7. The zero-order valence-electron chi connectivity index (χ0n) is 14.5. The lowest BCUT2D eigenvalue weighted by Crippen LogP contribution is -2.38. The van der Waals surface area contributed by atoms with Crippen molar-refractivity contribution in [3.63, 3.8) is 0 Å². The summed E-state index contributed by atoms with van der Waals surface area (Å²) in [7, 11) is 0. The van der Waals surface area contributed by atoms with Crippen molar-refractivity contribution in [2.45, 2.75) is 40.3 Å². The number of benzene rings is 1. The van der Waals surface area contributed by atoms with E-state index in [4.69, 9.17) is 0 Å². The number of aliphatic imine (C=N–C) groups is 1. The monoisotopic (exact) mass is 332 g/mol. The van der Waals surface area contributed by atoms with Crippen molar-refractivity contribution in [3.8, 4) is 0 Å². The van der Waals surface area contributed by atoms with E-state index in [-0.39, 0.29) is 5.82 Å². The van der Waals surface area contributed by atoms with Crippen LogP contribution in [0.15, 0.2) is 29.5 Å². The van der Waals surface area contributed by atoms with Gasteiger partial charge in [0.25, 0.3) is 0 Å². The van der Waals surface area contributed by atoms with E-state index in [1.807, 2.05) is 17.6 Å². The number of nitrogens with zero attached hydrogens (tertiary/aromatic N) is 4. The molecule has 130 valence electrons. The van der Waals surface area contributed by atoms with Crippen LogP contribution in [0.2, 0.25) is 0 Å². The van der Waals surface area contributed by atoms with E-state index in [1.165, 1.54) is 6.07 Å². The summed E-state index contributed by atoms with van der Waals surface area (Å²) in [6.45, 7) is 8.62. The number of halogens is 1. The van der Waals surface area contributed by atoms with Crippen LogP contribution in [0.4, 0.5) is 4.39 Å². The van der Waals surface area contributed by atoms with Crippen LogP contribution in [0, 0.1) is 12.7 Å². The molecule has 2 aromatic rings. The van der Waals surface area contributed by atoms with Crippen molar-refractivity contribution >= 4 is 5.96 Å². The third-order valence-electron chi connectivity index (χ3n) is 3.64. The molecule has 0 amide bonds. The van der Waals surface area contributed by atoms with Gasteiger partial charge in [0.1, 0.15) is 18.0 Å². The van der Waals surface area contributed by atoms with Crippen LogP contribution in [0.5, 0.6) is 0 Å². The Morgan fingerprint density at radius 1 is 1.29 bits per heavy atom. The van der Waals surface area contributed by atoms with Crippen LogP contribution >= 0.6 is 0 Å². The number of aryl methyl sites for hydroxylation is 2. The summed E-state index contributed by atoms with van der Waals surface area (Å²) in [5.41, 5.74) is 1.62. The molecule has 2 N–H and O–H groups in total. The second kappa shape index (κ2) is 9.00. The second-order valence-corrected chi connectivity index (χ2v) is 5.50. The molecule has 0 aliphatic heterocycles. The molecule has 0 spiro atoms. The Labute approximate surface area is 142 Å². The van der Waals surface area contributed by atoms with Gasteiger partial charge in [0.05, 0.1) is 6.54 Å². The van der Waals surface area contributed by atoms with E-state index in [0.29, 0.717) is 12.1 Å². The van der Waals surface area contributed by atoms with Gasteiger partial charge >= 0.3 is 0 Å². The van der Waals surface area contributed by atoms with Crippen LogP contribution in [-0.2, 0) is 19.5 Å². The molecule has 0 aliphatic carbocycles. The Kier molecular flexibility index (Phi) is 6.72. The third kappa shape index (κ3) is 5.04. The summed E-state index contributed by atoms with van der Waals surface area (Å²) < 4.78 is 15.3. The first kappa shape index (κ1) is 17.9. The largest absolute Gasteiger partial charge is 0.357 e. The number of guanidine groups is 1. The maximum atomic E-state index is 13.3. The normalized spacial score (nSPS) is 11.6. The van der Waals surface area contributed by atoms with Gasteiger partial charge in [0.2, 0.25) is 0 Å². The van der Waals surface area contributed by atoms with E-state index < -0.39 is 0 Å². The Hall–Kier alpha value is -2.44. The quantitative estimate of drug-likeness (QED) is 0.601. The van der Waals surface area contributed by atoms with Crippen molar-refractivity contribution in [3.05, 3.63) is 47.3 Å². The van der Waals surface area contributed by atoms with E-state index in [1.54, 1.807) is 19.3 Å². The highest BCUT2D eigenvalue weighted by Crippen LogP contribution is 2.10. The standard InChI is InChI=1S/C17H25FN6/c1-4-16-23-22-12-24(16)9-8-20-17(19-5-2)21-11-14-6-7-15(18)13(3)10-14/h6-7,10,12H,4-5,8-9,11H2,1-3H3,(H2,19,20,21). The highest BCUT2D eigenvalue weighted by molar-refractivity contribution is 5.79. The van der Waals surface area contributed by atoms with Crippen LogP contribution in [0.1, 0.15) is 30.8 Å². The van der Waals surface area contributed by atoms with E-state index in [2.05, 4.69) is 32.7 Å². The summed E-state index contributed by atoms with van der Waals surface area (Å²) in [5, 5.41) is 14.5. The SMILES string of the molecule is CCNC(=NCc1ccc(F)c(C)c1)NCCn1cnnc1CC. The Balaban J connectivity index is 1.91. The van der Waals surface area contributed by atoms with Gasteiger partial charge in [-0.2, -0.15) is 0 Å². The summed E-state index contributed by atoms with van der Waals surface area (Å²) in [5.74, 6) is 1.53. The first-order valence-electron chi connectivity index (χ1n) is 8.28. The molecule has 1 aromatic heterocycles. The summed E-state index contributed by atoms with van der Waals surface area (Å²) in [6, 6.07) is 5.08. The second-order valence-electron chi connectivity index (χ2n) is 5.50. The molecular weight excluding hydrogens is 307 g/mol. The predicted octanol–water partition coefficient (Wildman–Crippen LogP) is 2.04. The molecule has 0 saturated heterocycles. The highest BCUT2D eigenvalue weighted by Gasteiger charge is 2.03. The average Bonchev–Trinajstić information content (AvgIpc) is 3.03. The number of aromatic nitrogens is 3. The van der Waals surface area contributed by atoms with Crippen LogP contribution in [-0.4, -0.2) is 33.8 Å². The number of hydrogen-bond acceptors (Lipinski definition) is 3. The van der Waals surface area contributed by atoms with Gasteiger partial charge in [-0.25, -0.2) is 9.38 Å². The van der Waals surface area contributed by atoms with Crippen LogP contribution < -0.4 is 10.6 Å². The predicted molar refractivity (Wildman–Crippen MR) is 93.4 cm³/mol. The Bertz CT molecular complexity index is 679. The minimum Gasteiger partial charge on any atom is -0.357 e. The minimum absolute atomic E-state index is 0.187. The highest BCUT2D eigenvalue weighted by atomic mass is 19.1. The maximum Gasteiger partial charge on any atom is 0.191 e. The summed E-state index contributed by atoms with van der Waals surface area (Å²) in [6.07, 6.45) is 2.60. The first-order valence-corrected chi connectivity index (χ1v) is 8.28. The molecule has 0 unspecified atom stereocenters. The lowest BCUT2D eigenvalue weighted by molar-refractivity contribution is 0.617. The fourth-order valence-electron chi connectivity index (χ4n) is 2.35. The molecule has 0 radical (unpaired) electrons. The molecule has 2 rings (SSSR count). The molecule has 0 fully saturated rings. The summed E-state index contributed by atoms with van der Waals surface area (Å²) >= 11 is 0. The topological polar surface area (TPSA) is 67.1 Å². The minimum atomic E-state index is -0.187. The van der Waals surface area contributed by atoms with Crippen LogP contribution in [0.25, 0.3) is 0 Å². The molecule has 0 aliphatic rings. The molecule has 24 heavy (non-hydrogen) atoms. The number of nitrogens with one attached hydrogen (secondary N) is 2. The molecular formula is C17H25FN6. The smallest absolute Gasteiger partial charge is 0.191 e. The van der Waals surface area contributed by atoms with Crippen molar-refractivity contribution in [1.29, 1.82) is 0 Å².